The highest BCUT2D eigenvalue weighted by Gasteiger charge is 2.34. The Hall–Kier alpha value is -0.610. The van der Waals surface area contributed by atoms with Crippen LogP contribution in [0, 0.1) is 5.41 Å². The first-order valence-corrected chi connectivity index (χ1v) is 6.86. The number of nitrogens with two attached hydrogens (primary N) is 1. The summed E-state index contributed by atoms with van der Waals surface area (Å²) in [6.45, 7) is 8.71. The lowest BCUT2D eigenvalue weighted by Crippen LogP contribution is -2.52. The van der Waals surface area contributed by atoms with E-state index in [0.717, 1.165) is 31.1 Å². The molecule has 0 saturated carbocycles. The molecule has 1 aromatic heterocycles. The van der Waals surface area contributed by atoms with Crippen LogP contribution in [0.3, 0.4) is 0 Å². The van der Waals surface area contributed by atoms with Gasteiger partial charge in [0.15, 0.2) is 5.13 Å². The van der Waals surface area contributed by atoms with E-state index in [1.807, 2.05) is 0 Å². The molecule has 2 N–H and O–H groups in total. The van der Waals surface area contributed by atoms with Crippen molar-refractivity contribution in [2.75, 3.05) is 18.0 Å². The second-order valence-electron chi connectivity index (χ2n) is 5.28. The number of aromatic nitrogens is 1. The summed E-state index contributed by atoms with van der Waals surface area (Å²) in [5.41, 5.74) is 7.53. The molecule has 16 heavy (non-hydrogen) atoms. The first-order chi connectivity index (χ1) is 7.53. The zero-order valence-corrected chi connectivity index (χ0v) is 11.2. The lowest BCUT2D eigenvalue weighted by atomic mass is 9.80. The van der Waals surface area contributed by atoms with Gasteiger partial charge in [0.2, 0.25) is 0 Å². The lowest BCUT2D eigenvalue weighted by Gasteiger charge is -2.42. The molecule has 1 aliphatic rings. The molecule has 0 aliphatic carbocycles. The van der Waals surface area contributed by atoms with E-state index in [1.54, 1.807) is 11.3 Å². The van der Waals surface area contributed by atoms with Crippen molar-refractivity contribution in [1.29, 1.82) is 0 Å². The highest BCUT2D eigenvalue weighted by Crippen LogP contribution is 2.32. The molecule has 0 aromatic carbocycles. The van der Waals surface area contributed by atoms with Crippen LogP contribution in [-0.4, -0.2) is 24.1 Å². The molecule has 4 heteroatoms. The first kappa shape index (κ1) is 11.9. The van der Waals surface area contributed by atoms with Gasteiger partial charge < -0.3 is 10.6 Å². The van der Waals surface area contributed by atoms with Gasteiger partial charge in [-0.3, -0.25) is 0 Å². The van der Waals surface area contributed by atoms with Gasteiger partial charge in [-0.25, -0.2) is 4.98 Å². The number of hydrogen-bond donors (Lipinski definition) is 1. The molecule has 1 saturated heterocycles. The topological polar surface area (TPSA) is 42.1 Å². The summed E-state index contributed by atoms with van der Waals surface area (Å²) >= 11 is 1.76. The summed E-state index contributed by atoms with van der Waals surface area (Å²) in [4.78, 5) is 7.03. The monoisotopic (exact) mass is 239 g/mol. The molecule has 0 amide bonds. The quantitative estimate of drug-likeness (QED) is 0.861. The van der Waals surface area contributed by atoms with Crippen molar-refractivity contribution in [2.45, 2.75) is 39.7 Å². The van der Waals surface area contributed by atoms with E-state index in [-0.39, 0.29) is 5.41 Å². The zero-order chi connectivity index (χ0) is 11.8. The molecule has 3 nitrogen and oxygen atoms in total. The predicted molar refractivity (Wildman–Crippen MR) is 70.1 cm³/mol. The third-order valence-electron chi connectivity index (χ3n) is 3.48. The Balaban J connectivity index is 2.11. The highest BCUT2D eigenvalue weighted by molar-refractivity contribution is 7.13. The maximum absolute atomic E-state index is 6.14. The van der Waals surface area contributed by atoms with Crippen LogP contribution in [-0.2, 0) is 6.42 Å². The van der Waals surface area contributed by atoms with Crippen molar-refractivity contribution in [3.05, 3.63) is 11.1 Å². The smallest absolute Gasteiger partial charge is 0.185 e. The maximum atomic E-state index is 6.14. The molecule has 2 rings (SSSR count). The molecule has 1 unspecified atom stereocenters. The number of hydrogen-bond acceptors (Lipinski definition) is 4. The summed E-state index contributed by atoms with van der Waals surface area (Å²) in [6.07, 6.45) is 2.08. The molecule has 1 fully saturated rings. The van der Waals surface area contributed by atoms with Crippen LogP contribution in [0.2, 0.25) is 0 Å². The molecule has 0 bridgehead atoms. The van der Waals surface area contributed by atoms with Gasteiger partial charge in [-0.15, -0.1) is 11.3 Å². The fourth-order valence-electron chi connectivity index (χ4n) is 2.14. The van der Waals surface area contributed by atoms with E-state index in [9.17, 15) is 0 Å². The Morgan fingerprint density at radius 1 is 1.62 bits per heavy atom. The standard InChI is InChI=1S/C12H21N3S/c1-4-9-7-16-11(14-9)15-6-5-10(13)12(2,3)8-15/h7,10H,4-6,8,13H2,1-3H3. The van der Waals surface area contributed by atoms with Crippen molar-refractivity contribution in [2.24, 2.45) is 11.1 Å². The summed E-state index contributed by atoms with van der Waals surface area (Å²) in [6, 6.07) is 0.314. The average molecular weight is 239 g/mol. The number of thiazole rings is 1. The molecule has 90 valence electrons. The SMILES string of the molecule is CCc1csc(N2CCC(N)C(C)(C)C2)n1. The van der Waals surface area contributed by atoms with Gasteiger partial charge in [-0.2, -0.15) is 0 Å². The van der Waals surface area contributed by atoms with E-state index in [1.165, 1.54) is 5.69 Å². The van der Waals surface area contributed by atoms with Gasteiger partial charge in [-0.05, 0) is 18.3 Å². The molecule has 1 atom stereocenters. The molecular weight excluding hydrogens is 218 g/mol. The molecular formula is C12H21N3S. The van der Waals surface area contributed by atoms with Crippen molar-refractivity contribution >= 4 is 16.5 Å². The number of nitrogens with zero attached hydrogens (tertiary/aromatic N) is 2. The number of rotatable bonds is 2. The Kier molecular flexibility index (Phi) is 3.22. The van der Waals surface area contributed by atoms with Crippen molar-refractivity contribution < 1.29 is 0 Å². The van der Waals surface area contributed by atoms with E-state index >= 15 is 0 Å². The lowest BCUT2D eigenvalue weighted by molar-refractivity contribution is 0.245. The van der Waals surface area contributed by atoms with Gasteiger partial charge in [0.05, 0.1) is 5.69 Å². The van der Waals surface area contributed by atoms with Crippen molar-refractivity contribution in [3.63, 3.8) is 0 Å². The number of anilines is 1. The van der Waals surface area contributed by atoms with Gasteiger partial charge in [0.1, 0.15) is 0 Å². The Labute approximate surface area is 102 Å². The fourth-order valence-corrected chi connectivity index (χ4v) is 3.08. The third-order valence-corrected chi connectivity index (χ3v) is 4.43. The molecule has 2 heterocycles. The van der Waals surface area contributed by atoms with Crippen LogP contribution in [0.25, 0.3) is 0 Å². The van der Waals surface area contributed by atoms with Crippen LogP contribution < -0.4 is 10.6 Å². The first-order valence-electron chi connectivity index (χ1n) is 5.98. The van der Waals surface area contributed by atoms with E-state index in [4.69, 9.17) is 5.73 Å². The summed E-state index contributed by atoms with van der Waals surface area (Å²) < 4.78 is 0. The largest absolute Gasteiger partial charge is 0.347 e. The minimum absolute atomic E-state index is 0.191. The molecule has 0 radical (unpaired) electrons. The molecule has 1 aliphatic heterocycles. The second kappa shape index (κ2) is 4.34. The van der Waals surface area contributed by atoms with E-state index < -0.39 is 0 Å². The van der Waals surface area contributed by atoms with Gasteiger partial charge in [0, 0.05) is 24.5 Å². The van der Waals surface area contributed by atoms with Crippen molar-refractivity contribution in [1.82, 2.24) is 4.98 Å². The van der Waals surface area contributed by atoms with Gasteiger partial charge in [0.25, 0.3) is 0 Å². The van der Waals surface area contributed by atoms with Crippen LogP contribution >= 0.6 is 11.3 Å². The van der Waals surface area contributed by atoms with Crippen LogP contribution in [0.15, 0.2) is 5.38 Å². The number of piperidine rings is 1. The maximum Gasteiger partial charge on any atom is 0.185 e. The van der Waals surface area contributed by atoms with E-state index in [0.29, 0.717) is 6.04 Å². The van der Waals surface area contributed by atoms with Gasteiger partial charge in [-0.1, -0.05) is 20.8 Å². The fraction of sp³-hybridized carbons (Fsp3) is 0.750. The number of aryl methyl sites for hydroxylation is 1. The van der Waals surface area contributed by atoms with Crippen LogP contribution in [0.4, 0.5) is 5.13 Å². The zero-order valence-electron chi connectivity index (χ0n) is 10.4. The molecule has 1 aromatic rings. The third kappa shape index (κ3) is 2.23. The highest BCUT2D eigenvalue weighted by atomic mass is 32.1. The Bertz CT molecular complexity index is 359. The predicted octanol–water partition coefficient (Wildman–Crippen LogP) is 2.27. The van der Waals surface area contributed by atoms with Crippen LogP contribution in [0.5, 0.6) is 0 Å². The summed E-state index contributed by atoms with van der Waals surface area (Å²) in [7, 11) is 0. The Morgan fingerprint density at radius 3 is 2.94 bits per heavy atom. The summed E-state index contributed by atoms with van der Waals surface area (Å²) in [5, 5.41) is 3.33. The average Bonchev–Trinajstić information content (AvgIpc) is 2.70. The minimum atomic E-state index is 0.191. The Morgan fingerprint density at radius 2 is 2.38 bits per heavy atom. The van der Waals surface area contributed by atoms with Gasteiger partial charge >= 0.3 is 0 Å². The molecule has 0 spiro atoms. The summed E-state index contributed by atoms with van der Waals surface area (Å²) in [5.74, 6) is 0. The minimum Gasteiger partial charge on any atom is -0.347 e. The normalized spacial score (nSPS) is 24.8. The second-order valence-corrected chi connectivity index (χ2v) is 6.12. The van der Waals surface area contributed by atoms with E-state index in [2.05, 4.69) is 36.0 Å². The van der Waals surface area contributed by atoms with Crippen LogP contribution in [0.1, 0.15) is 32.9 Å². The van der Waals surface area contributed by atoms with Crippen molar-refractivity contribution in [3.8, 4) is 0 Å².